The number of nitrogens with zero attached hydrogens (tertiary/aromatic N) is 3. The van der Waals surface area contributed by atoms with E-state index in [1.54, 1.807) is 16.8 Å². The lowest BCUT2D eigenvalue weighted by Gasteiger charge is -2.19. The summed E-state index contributed by atoms with van der Waals surface area (Å²) < 4.78 is 1.77. The summed E-state index contributed by atoms with van der Waals surface area (Å²) in [4.78, 5) is 28.2. The molecular weight excluding hydrogens is 370 g/mol. The highest BCUT2D eigenvalue weighted by molar-refractivity contribution is 6.14. The van der Waals surface area contributed by atoms with Crippen molar-refractivity contribution in [3.8, 4) is 0 Å². The van der Waals surface area contributed by atoms with Crippen LogP contribution in [0.4, 0.5) is 16.4 Å². The van der Waals surface area contributed by atoms with Crippen LogP contribution in [0.2, 0.25) is 0 Å². The molecule has 3 saturated carbocycles. The molecular formula is C20H23N7O2. The molecule has 9 heteroatoms. The molecule has 1 saturated heterocycles. The molecule has 2 aromatic rings. The Morgan fingerprint density at radius 1 is 1.10 bits per heavy atom. The molecule has 29 heavy (non-hydrogen) atoms. The van der Waals surface area contributed by atoms with E-state index in [4.69, 9.17) is 4.98 Å². The molecule has 150 valence electrons. The number of fused-ring (bicyclic) bond motifs is 1. The van der Waals surface area contributed by atoms with E-state index in [2.05, 4.69) is 26.4 Å². The lowest BCUT2D eigenvalue weighted by molar-refractivity contribution is -0.115. The molecule has 4 fully saturated rings. The average Bonchev–Trinajstić information content (AvgIpc) is 3.56. The van der Waals surface area contributed by atoms with Crippen molar-refractivity contribution in [3.05, 3.63) is 23.5 Å². The Morgan fingerprint density at radius 3 is 2.48 bits per heavy atom. The van der Waals surface area contributed by atoms with Gasteiger partial charge in [0.25, 0.3) is 5.91 Å². The van der Waals surface area contributed by atoms with Gasteiger partial charge in [0, 0.05) is 23.7 Å². The van der Waals surface area contributed by atoms with E-state index in [-0.39, 0.29) is 5.70 Å². The van der Waals surface area contributed by atoms with E-state index in [9.17, 15) is 9.59 Å². The van der Waals surface area contributed by atoms with Crippen molar-refractivity contribution >= 4 is 35.3 Å². The molecule has 1 aliphatic heterocycles. The first-order valence-corrected chi connectivity index (χ1v) is 10.4. The van der Waals surface area contributed by atoms with Gasteiger partial charge in [-0.2, -0.15) is 9.61 Å². The second-order valence-electron chi connectivity index (χ2n) is 8.59. The number of carbonyl (C=O) groups is 2. The molecule has 9 nitrogen and oxygen atoms in total. The summed E-state index contributed by atoms with van der Waals surface area (Å²) in [5, 5.41) is 16.4. The standard InChI is InChI=1S/C20H23N7O2/c28-19-14(23-20(29)26-19)7-12-9-21-27-16(22-13-5-6-13)8-15(25-18(12)27)24-17(10-1-2-10)11-3-4-11/h7-11,13,17,22H,1-6H2,(H,24,25)(H2,23,26,28,29)/b14-7-. The molecule has 0 spiro atoms. The fourth-order valence-corrected chi connectivity index (χ4v) is 4.04. The molecule has 0 bridgehead atoms. The molecule has 3 amide bonds. The van der Waals surface area contributed by atoms with Crippen molar-refractivity contribution in [2.24, 2.45) is 11.8 Å². The van der Waals surface area contributed by atoms with Crippen LogP contribution in [0.3, 0.4) is 0 Å². The monoisotopic (exact) mass is 393 g/mol. The van der Waals surface area contributed by atoms with Gasteiger partial charge < -0.3 is 16.0 Å². The van der Waals surface area contributed by atoms with Crippen LogP contribution >= 0.6 is 0 Å². The molecule has 3 aliphatic carbocycles. The number of nitrogens with one attached hydrogen (secondary N) is 4. The predicted molar refractivity (Wildman–Crippen MR) is 107 cm³/mol. The first-order chi connectivity index (χ1) is 14.1. The van der Waals surface area contributed by atoms with Crippen LogP contribution in [0, 0.1) is 11.8 Å². The van der Waals surface area contributed by atoms with Crippen LogP contribution in [-0.2, 0) is 4.79 Å². The number of hydrogen-bond acceptors (Lipinski definition) is 6. The highest BCUT2D eigenvalue weighted by Gasteiger charge is 2.41. The zero-order chi connectivity index (χ0) is 19.5. The molecule has 6 rings (SSSR count). The second-order valence-corrected chi connectivity index (χ2v) is 8.59. The van der Waals surface area contributed by atoms with E-state index in [0.29, 0.717) is 23.3 Å². The zero-order valence-corrected chi connectivity index (χ0v) is 15.9. The Morgan fingerprint density at radius 2 is 1.86 bits per heavy atom. The Bertz CT molecular complexity index is 1030. The summed E-state index contributed by atoms with van der Waals surface area (Å²) >= 11 is 0. The topological polar surface area (TPSA) is 112 Å². The predicted octanol–water partition coefficient (Wildman–Crippen LogP) is 2.08. The van der Waals surface area contributed by atoms with Crippen molar-refractivity contribution in [2.75, 3.05) is 10.6 Å². The quantitative estimate of drug-likeness (QED) is 0.423. The minimum absolute atomic E-state index is 0.204. The summed E-state index contributed by atoms with van der Waals surface area (Å²) in [5.74, 6) is 2.80. The lowest BCUT2D eigenvalue weighted by atomic mass is 10.1. The number of anilines is 2. The van der Waals surface area contributed by atoms with Crippen molar-refractivity contribution in [1.29, 1.82) is 0 Å². The molecule has 2 aromatic heterocycles. The fraction of sp³-hybridized carbons (Fsp3) is 0.500. The van der Waals surface area contributed by atoms with Crippen LogP contribution in [0.1, 0.15) is 44.1 Å². The third kappa shape index (κ3) is 3.30. The van der Waals surface area contributed by atoms with Crippen molar-refractivity contribution in [3.63, 3.8) is 0 Å². The maximum Gasteiger partial charge on any atom is 0.326 e. The van der Waals surface area contributed by atoms with Crippen LogP contribution in [-0.4, -0.2) is 38.6 Å². The van der Waals surface area contributed by atoms with Gasteiger partial charge >= 0.3 is 6.03 Å². The molecule has 3 heterocycles. The maximum absolute atomic E-state index is 11.9. The summed E-state index contributed by atoms with van der Waals surface area (Å²) in [6, 6.07) is 2.49. The van der Waals surface area contributed by atoms with E-state index in [1.807, 2.05) is 6.07 Å². The van der Waals surface area contributed by atoms with E-state index < -0.39 is 11.9 Å². The third-order valence-corrected chi connectivity index (χ3v) is 6.02. The van der Waals surface area contributed by atoms with E-state index in [1.165, 1.54) is 25.7 Å². The highest BCUT2D eigenvalue weighted by atomic mass is 16.2. The summed E-state index contributed by atoms with van der Waals surface area (Å²) in [6.07, 6.45) is 10.8. The molecule has 0 atom stereocenters. The number of carbonyl (C=O) groups excluding carboxylic acids is 2. The van der Waals surface area contributed by atoms with Gasteiger partial charge in [0.15, 0.2) is 5.65 Å². The number of amides is 3. The number of aromatic nitrogens is 3. The minimum Gasteiger partial charge on any atom is -0.367 e. The molecule has 4 N–H and O–H groups in total. The van der Waals surface area contributed by atoms with Crippen LogP contribution in [0.5, 0.6) is 0 Å². The number of imide groups is 1. The summed E-state index contributed by atoms with van der Waals surface area (Å²) in [7, 11) is 0. The second kappa shape index (κ2) is 6.20. The van der Waals surface area contributed by atoms with Gasteiger partial charge in [-0.15, -0.1) is 0 Å². The molecule has 4 aliphatic rings. The smallest absolute Gasteiger partial charge is 0.326 e. The molecule has 0 unspecified atom stereocenters. The largest absolute Gasteiger partial charge is 0.367 e. The number of hydrogen-bond donors (Lipinski definition) is 4. The van der Waals surface area contributed by atoms with Gasteiger partial charge in [0.2, 0.25) is 0 Å². The zero-order valence-electron chi connectivity index (χ0n) is 15.9. The van der Waals surface area contributed by atoms with Crippen LogP contribution in [0.15, 0.2) is 18.0 Å². The SMILES string of the molecule is O=C1NC(=O)/C(=C/c2cnn3c(NC4CC4)cc(NC(C4CC4)C4CC4)nc23)N1. The highest BCUT2D eigenvalue weighted by Crippen LogP contribution is 2.46. The molecule has 0 aromatic carbocycles. The number of rotatable bonds is 7. The van der Waals surface area contributed by atoms with Gasteiger partial charge in [-0.05, 0) is 56.4 Å². The molecule has 0 radical (unpaired) electrons. The minimum atomic E-state index is -0.513. The van der Waals surface area contributed by atoms with Crippen LogP contribution < -0.4 is 21.3 Å². The van der Waals surface area contributed by atoms with Gasteiger partial charge in [-0.3, -0.25) is 10.1 Å². The van der Waals surface area contributed by atoms with Crippen molar-refractivity contribution in [1.82, 2.24) is 25.2 Å². The van der Waals surface area contributed by atoms with Gasteiger partial charge in [0.05, 0.1) is 6.20 Å². The Labute approximate surface area is 167 Å². The van der Waals surface area contributed by atoms with Gasteiger partial charge in [0.1, 0.15) is 17.3 Å². The average molecular weight is 393 g/mol. The van der Waals surface area contributed by atoms with Crippen molar-refractivity contribution in [2.45, 2.75) is 50.6 Å². The Balaban J connectivity index is 1.39. The normalized spacial score (nSPS) is 23.0. The first-order valence-electron chi connectivity index (χ1n) is 10.4. The van der Waals surface area contributed by atoms with Crippen molar-refractivity contribution < 1.29 is 9.59 Å². The van der Waals surface area contributed by atoms with Gasteiger partial charge in [-0.25, -0.2) is 9.78 Å². The summed E-state index contributed by atoms with van der Waals surface area (Å²) in [6.45, 7) is 0. The van der Waals surface area contributed by atoms with E-state index >= 15 is 0 Å². The maximum atomic E-state index is 11.9. The first kappa shape index (κ1) is 16.8. The summed E-state index contributed by atoms with van der Waals surface area (Å²) in [5.41, 5.74) is 1.55. The fourth-order valence-electron chi connectivity index (χ4n) is 4.04. The Kier molecular flexibility index (Phi) is 3.60. The number of urea groups is 1. The third-order valence-electron chi connectivity index (χ3n) is 6.02. The lowest BCUT2D eigenvalue weighted by Crippen LogP contribution is -2.25. The van der Waals surface area contributed by atoms with Crippen LogP contribution in [0.25, 0.3) is 11.7 Å². The van der Waals surface area contributed by atoms with Gasteiger partial charge in [-0.1, -0.05) is 0 Å². The Hall–Kier alpha value is -3.10. The van der Waals surface area contributed by atoms with E-state index in [0.717, 1.165) is 36.3 Å².